The molecule has 1 amide bonds. The third kappa shape index (κ3) is 4.21. The predicted octanol–water partition coefficient (Wildman–Crippen LogP) is 5.83. The molecule has 4 aromatic rings. The predicted molar refractivity (Wildman–Crippen MR) is 123 cm³/mol. The molecule has 0 unspecified atom stereocenters. The zero-order valence-corrected chi connectivity index (χ0v) is 18.2. The van der Waals surface area contributed by atoms with Gasteiger partial charge in [-0.1, -0.05) is 72.0 Å². The minimum Gasteiger partial charge on any atom is -0.483 e. The number of aryl methyl sites for hydroxylation is 3. The van der Waals surface area contributed by atoms with Gasteiger partial charge in [0, 0.05) is 0 Å². The van der Waals surface area contributed by atoms with E-state index in [2.05, 4.69) is 26.0 Å². The molecule has 0 aliphatic carbocycles. The van der Waals surface area contributed by atoms with Crippen molar-refractivity contribution in [2.24, 2.45) is 0 Å². The van der Waals surface area contributed by atoms with Crippen LogP contribution in [0.5, 0.6) is 5.75 Å². The van der Waals surface area contributed by atoms with E-state index in [-0.39, 0.29) is 12.5 Å². The van der Waals surface area contributed by atoms with Gasteiger partial charge >= 0.3 is 0 Å². The van der Waals surface area contributed by atoms with Crippen LogP contribution in [-0.4, -0.2) is 17.5 Å². The van der Waals surface area contributed by atoms with E-state index in [0.29, 0.717) is 11.7 Å². The molecule has 4 nitrogen and oxygen atoms in total. The number of ether oxygens (including phenoxy) is 1. The van der Waals surface area contributed by atoms with E-state index >= 15 is 0 Å². The molecule has 30 heavy (non-hydrogen) atoms. The molecule has 3 aromatic carbocycles. The molecule has 0 saturated heterocycles. The number of aromatic nitrogens is 1. The van der Waals surface area contributed by atoms with Gasteiger partial charge in [0.2, 0.25) is 0 Å². The summed E-state index contributed by atoms with van der Waals surface area (Å²) in [5, 5.41) is 0.699. The number of para-hydroxylation sites is 1. The average molecular weight is 417 g/mol. The van der Waals surface area contributed by atoms with Crippen LogP contribution in [-0.2, 0) is 11.3 Å². The van der Waals surface area contributed by atoms with E-state index < -0.39 is 0 Å². The van der Waals surface area contributed by atoms with Crippen molar-refractivity contribution in [2.75, 3.05) is 11.5 Å². The Balaban J connectivity index is 1.66. The van der Waals surface area contributed by atoms with Crippen LogP contribution in [0.3, 0.4) is 0 Å². The summed E-state index contributed by atoms with van der Waals surface area (Å²) in [7, 11) is 0. The lowest BCUT2D eigenvalue weighted by Gasteiger charge is -2.20. The Hall–Kier alpha value is -3.18. The Labute approximate surface area is 180 Å². The molecule has 1 heterocycles. The van der Waals surface area contributed by atoms with Gasteiger partial charge in [-0.25, -0.2) is 4.98 Å². The number of rotatable bonds is 6. The second-order valence-corrected chi connectivity index (χ2v) is 8.37. The first kappa shape index (κ1) is 20.1. The Morgan fingerprint density at radius 2 is 1.60 bits per heavy atom. The van der Waals surface area contributed by atoms with Crippen LogP contribution in [0.25, 0.3) is 10.2 Å². The smallest absolute Gasteiger partial charge is 0.267 e. The number of carbonyl (C=O) groups is 1. The van der Waals surface area contributed by atoms with Crippen LogP contribution in [0.15, 0.2) is 66.7 Å². The van der Waals surface area contributed by atoms with Crippen molar-refractivity contribution in [3.05, 3.63) is 89.0 Å². The second kappa shape index (κ2) is 8.67. The largest absolute Gasteiger partial charge is 0.483 e. The zero-order chi connectivity index (χ0) is 21.1. The van der Waals surface area contributed by atoms with Crippen LogP contribution in [0.1, 0.15) is 22.3 Å². The number of carbonyl (C=O) groups excluding carboxylic acids is 1. The van der Waals surface area contributed by atoms with E-state index in [4.69, 9.17) is 9.72 Å². The monoisotopic (exact) mass is 416 g/mol. The molecular formula is C25H24N2O2S. The molecule has 0 N–H and O–H groups in total. The zero-order valence-electron chi connectivity index (χ0n) is 17.4. The summed E-state index contributed by atoms with van der Waals surface area (Å²) in [5.74, 6) is 0.609. The number of hydrogen-bond acceptors (Lipinski definition) is 4. The molecule has 0 saturated carbocycles. The summed E-state index contributed by atoms with van der Waals surface area (Å²) >= 11 is 1.56. The fourth-order valence-corrected chi connectivity index (χ4v) is 4.46. The van der Waals surface area contributed by atoms with Gasteiger partial charge in [-0.05, 0) is 49.1 Å². The summed E-state index contributed by atoms with van der Waals surface area (Å²) < 4.78 is 6.97. The fourth-order valence-electron chi connectivity index (χ4n) is 3.33. The Bertz CT molecular complexity index is 1150. The summed E-state index contributed by atoms with van der Waals surface area (Å²) in [6.07, 6.45) is 0. The molecule has 152 valence electrons. The number of fused-ring (bicyclic) bond motifs is 1. The van der Waals surface area contributed by atoms with Crippen molar-refractivity contribution >= 4 is 32.6 Å². The summed E-state index contributed by atoms with van der Waals surface area (Å²) in [6, 6.07) is 21.9. The highest BCUT2D eigenvalue weighted by Gasteiger charge is 2.22. The molecule has 0 bridgehead atoms. The Kier molecular flexibility index (Phi) is 5.81. The lowest BCUT2D eigenvalue weighted by molar-refractivity contribution is -0.120. The maximum Gasteiger partial charge on any atom is 0.267 e. The minimum atomic E-state index is -0.114. The molecule has 4 rings (SSSR count). The first-order chi connectivity index (χ1) is 14.5. The summed E-state index contributed by atoms with van der Waals surface area (Å²) in [6.45, 7) is 6.52. The first-order valence-corrected chi connectivity index (χ1v) is 10.7. The van der Waals surface area contributed by atoms with Crippen LogP contribution in [0.2, 0.25) is 0 Å². The number of nitrogens with zero attached hydrogens (tertiary/aromatic N) is 2. The van der Waals surface area contributed by atoms with Crippen molar-refractivity contribution in [1.29, 1.82) is 0 Å². The number of hydrogen-bond donors (Lipinski definition) is 0. The number of amides is 1. The van der Waals surface area contributed by atoms with Crippen molar-refractivity contribution in [3.8, 4) is 5.75 Å². The van der Waals surface area contributed by atoms with Gasteiger partial charge < -0.3 is 4.74 Å². The van der Waals surface area contributed by atoms with Crippen molar-refractivity contribution in [3.63, 3.8) is 0 Å². The van der Waals surface area contributed by atoms with Crippen LogP contribution < -0.4 is 9.64 Å². The molecule has 5 heteroatoms. The standard InChI is InChI=1S/C25H24N2O2S/c1-17-9-7-8-12-21(17)29-16-22(28)27(15-20-10-5-4-6-11-20)25-26-23-18(2)13-14-19(3)24(23)30-25/h4-14H,15-16H2,1-3H3. The SMILES string of the molecule is Cc1ccccc1OCC(=O)N(Cc1ccccc1)c1nc2c(C)ccc(C)c2s1. The van der Waals surface area contributed by atoms with Gasteiger partial charge in [-0.2, -0.15) is 0 Å². The summed E-state index contributed by atoms with van der Waals surface area (Å²) in [5.41, 5.74) is 5.30. The van der Waals surface area contributed by atoms with Crippen molar-refractivity contribution < 1.29 is 9.53 Å². The van der Waals surface area contributed by atoms with Gasteiger partial charge in [0.15, 0.2) is 11.7 Å². The molecule has 0 aliphatic heterocycles. The lowest BCUT2D eigenvalue weighted by atomic mass is 10.1. The highest BCUT2D eigenvalue weighted by Crippen LogP contribution is 2.34. The maximum atomic E-state index is 13.2. The van der Waals surface area contributed by atoms with Gasteiger partial charge in [0.05, 0.1) is 16.8 Å². The van der Waals surface area contributed by atoms with Crippen LogP contribution >= 0.6 is 11.3 Å². The molecule has 1 aromatic heterocycles. The van der Waals surface area contributed by atoms with E-state index in [1.807, 2.05) is 61.5 Å². The molecule has 0 spiro atoms. The number of anilines is 1. The average Bonchev–Trinajstić information content (AvgIpc) is 3.21. The molecule has 0 fully saturated rings. The van der Waals surface area contributed by atoms with E-state index in [9.17, 15) is 4.79 Å². The van der Waals surface area contributed by atoms with E-state index in [1.54, 1.807) is 16.2 Å². The third-order valence-corrected chi connectivity index (χ3v) is 6.30. The molecule has 0 radical (unpaired) electrons. The van der Waals surface area contributed by atoms with Gasteiger partial charge in [-0.3, -0.25) is 9.69 Å². The number of benzene rings is 3. The molecular weight excluding hydrogens is 392 g/mol. The molecule has 0 atom stereocenters. The fraction of sp³-hybridized carbons (Fsp3) is 0.200. The molecule has 0 aliphatic rings. The van der Waals surface area contributed by atoms with Crippen LogP contribution in [0, 0.1) is 20.8 Å². The van der Waals surface area contributed by atoms with Crippen molar-refractivity contribution in [2.45, 2.75) is 27.3 Å². The quantitative estimate of drug-likeness (QED) is 0.397. The highest BCUT2D eigenvalue weighted by atomic mass is 32.1. The highest BCUT2D eigenvalue weighted by molar-refractivity contribution is 7.22. The number of thiazole rings is 1. The van der Waals surface area contributed by atoms with Gasteiger partial charge in [0.25, 0.3) is 5.91 Å². The van der Waals surface area contributed by atoms with Crippen molar-refractivity contribution in [1.82, 2.24) is 4.98 Å². The van der Waals surface area contributed by atoms with E-state index in [1.165, 1.54) is 5.56 Å². The lowest BCUT2D eigenvalue weighted by Crippen LogP contribution is -2.34. The van der Waals surface area contributed by atoms with Gasteiger partial charge in [0.1, 0.15) is 5.75 Å². The minimum absolute atomic E-state index is 0.0361. The normalized spacial score (nSPS) is 10.9. The van der Waals surface area contributed by atoms with Crippen LogP contribution in [0.4, 0.5) is 5.13 Å². The van der Waals surface area contributed by atoms with E-state index in [0.717, 1.165) is 32.7 Å². The Morgan fingerprint density at radius 3 is 2.33 bits per heavy atom. The van der Waals surface area contributed by atoms with Gasteiger partial charge in [-0.15, -0.1) is 0 Å². The topological polar surface area (TPSA) is 42.4 Å². The second-order valence-electron chi connectivity index (χ2n) is 7.39. The first-order valence-electron chi connectivity index (χ1n) is 9.92. The Morgan fingerprint density at radius 1 is 0.900 bits per heavy atom. The maximum absolute atomic E-state index is 13.2. The third-order valence-electron chi connectivity index (χ3n) is 5.09. The summed E-state index contributed by atoms with van der Waals surface area (Å²) in [4.78, 5) is 19.8.